The monoisotopic (exact) mass is 271 g/mol. The number of nitrogens with zero attached hydrogens (tertiary/aromatic N) is 1. The molecule has 0 aliphatic rings. The highest BCUT2D eigenvalue weighted by Gasteiger charge is 2.04. The molecule has 0 aliphatic carbocycles. The highest BCUT2D eigenvalue weighted by Crippen LogP contribution is 2.29. The Balaban J connectivity index is 2.24. The lowest BCUT2D eigenvalue weighted by molar-refractivity contribution is 0.895. The van der Waals surface area contributed by atoms with E-state index in [-0.39, 0.29) is 0 Å². The average molecular weight is 272 g/mol. The second kappa shape index (κ2) is 4.25. The van der Waals surface area contributed by atoms with Gasteiger partial charge in [-0.25, -0.2) is 4.98 Å². The molecule has 0 radical (unpaired) electrons. The molecule has 0 fully saturated rings. The fourth-order valence-corrected chi connectivity index (χ4v) is 2.56. The van der Waals surface area contributed by atoms with E-state index in [1.54, 1.807) is 11.3 Å². The molecule has 0 spiro atoms. The molecule has 0 bridgehead atoms. The number of imidazole rings is 1. The number of thiophene rings is 1. The third-order valence-corrected chi connectivity index (χ3v) is 3.51. The fraction of sp³-hybridized carbons (Fsp3) is 0.222. The van der Waals surface area contributed by atoms with Crippen molar-refractivity contribution < 1.29 is 0 Å². The second-order valence-electron chi connectivity index (χ2n) is 2.89. The number of hydrogen-bond donors (Lipinski definition) is 2. The van der Waals surface area contributed by atoms with Gasteiger partial charge in [0.05, 0.1) is 20.6 Å². The summed E-state index contributed by atoms with van der Waals surface area (Å²) in [5.41, 5.74) is 6.51. The van der Waals surface area contributed by atoms with Gasteiger partial charge in [-0.2, -0.15) is 0 Å². The van der Waals surface area contributed by atoms with Crippen LogP contribution in [0.3, 0.4) is 0 Å². The molecule has 0 aliphatic heterocycles. The van der Waals surface area contributed by atoms with E-state index in [0.29, 0.717) is 6.54 Å². The van der Waals surface area contributed by atoms with Crippen molar-refractivity contribution in [1.82, 2.24) is 9.97 Å². The van der Waals surface area contributed by atoms with Crippen molar-refractivity contribution in [3.05, 3.63) is 27.9 Å². The molecule has 2 rings (SSSR count). The van der Waals surface area contributed by atoms with E-state index < -0.39 is 0 Å². The van der Waals surface area contributed by atoms with E-state index in [1.165, 1.54) is 4.88 Å². The Morgan fingerprint density at radius 2 is 2.36 bits per heavy atom. The maximum absolute atomic E-state index is 5.45. The van der Waals surface area contributed by atoms with Crippen LogP contribution in [-0.4, -0.2) is 16.5 Å². The van der Waals surface area contributed by atoms with E-state index >= 15 is 0 Å². The predicted octanol–water partition coefficient (Wildman–Crippen LogP) is 2.40. The zero-order chi connectivity index (χ0) is 9.97. The molecule has 0 amide bonds. The number of halogens is 1. The normalized spacial score (nSPS) is 10.7. The Morgan fingerprint density at radius 1 is 1.50 bits per heavy atom. The smallest absolute Gasteiger partial charge is 0.107 e. The number of aromatic nitrogens is 2. The average Bonchev–Trinajstić information content (AvgIpc) is 2.74. The van der Waals surface area contributed by atoms with Crippen LogP contribution in [0.4, 0.5) is 0 Å². The van der Waals surface area contributed by atoms with Crippen molar-refractivity contribution in [2.45, 2.75) is 6.42 Å². The molecule has 0 atom stereocenters. The largest absolute Gasteiger partial charge is 0.341 e. The van der Waals surface area contributed by atoms with Gasteiger partial charge in [0.15, 0.2) is 0 Å². The third-order valence-electron chi connectivity index (χ3n) is 1.85. The minimum Gasteiger partial charge on any atom is -0.341 e. The van der Waals surface area contributed by atoms with Gasteiger partial charge in [-0.05, 0) is 34.6 Å². The standard InChI is InChI=1S/C9H10BrN3S/c10-8-2-1-7(14-8)6-5-12-9(13-6)3-4-11/h1-2,5H,3-4,11H2,(H,12,13). The molecule has 0 saturated heterocycles. The van der Waals surface area contributed by atoms with Crippen molar-refractivity contribution in [2.75, 3.05) is 6.54 Å². The first-order valence-corrected chi connectivity index (χ1v) is 5.90. The minimum absolute atomic E-state index is 0.626. The Hall–Kier alpha value is -0.650. The zero-order valence-corrected chi connectivity index (χ0v) is 9.86. The van der Waals surface area contributed by atoms with Crippen LogP contribution in [0.1, 0.15) is 5.82 Å². The van der Waals surface area contributed by atoms with Gasteiger partial charge in [0.1, 0.15) is 5.82 Å². The summed E-state index contributed by atoms with van der Waals surface area (Å²) in [4.78, 5) is 8.68. The summed E-state index contributed by atoms with van der Waals surface area (Å²) in [6, 6.07) is 4.10. The first-order valence-electron chi connectivity index (χ1n) is 4.29. The molecule has 2 aromatic heterocycles. The molecular weight excluding hydrogens is 262 g/mol. The topological polar surface area (TPSA) is 54.7 Å². The number of rotatable bonds is 3. The maximum Gasteiger partial charge on any atom is 0.107 e. The van der Waals surface area contributed by atoms with Crippen LogP contribution >= 0.6 is 27.3 Å². The van der Waals surface area contributed by atoms with Crippen molar-refractivity contribution in [3.63, 3.8) is 0 Å². The third kappa shape index (κ3) is 2.05. The lowest BCUT2D eigenvalue weighted by Gasteiger charge is -1.91. The van der Waals surface area contributed by atoms with Gasteiger partial charge < -0.3 is 10.7 Å². The molecule has 0 saturated carbocycles. The predicted molar refractivity (Wildman–Crippen MR) is 62.4 cm³/mol. The molecule has 0 aromatic carbocycles. The summed E-state index contributed by atoms with van der Waals surface area (Å²) < 4.78 is 1.13. The summed E-state index contributed by atoms with van der Waals surface area (Å²) in [5, 5.41) is 0. The summed E-state index contributed by atoms with van der Waals surface area (Å²) >= 11 is 5.12. The van der Waals surface area contributed by atoms with Gasteiger partial charge in [-0.3, -0.25) is 0 Å². The Labute approximate surface area is 94.5 Å². The Bertz CT molecular complexity index is 421. The van der Waals surface area contributed by atoms with Crippen molar-refractivity contribution in [1.29, 1.82) is 0 Å². The fourth-order valence-electron chi connectivity index (χ4n) is 1.21. The number of hydrogen-bond acceptors (Lipinski definition) is 3. The molecule has 5 heteroatoms. The Kier molecular flexibility index (Phi) is 3.00. The second-order valence-corrected chi connectivity index (χ2v) is 5.35. The Morgan fingerprint density at radius 3 is 3.00 bits per heavy atom. The van der Waals surface area contributed by atoms with Crippen LogP contribution in [0.5, 0.6) is 0 Å². The highest BCUT2D eigenvalue weighted by atomic mass is 79.9. The van der Waals surface area contributed by atoms with Crippen LogP contribution in [0.2, 0.25) is 0 Å². The van der Waals surface area contributed by atoms with Gasteiger partial charge in [0.25, 0.3) is 0 Å². The molecule has 2 heterocycles. The van der Waals surface area contributed by atoms with E-state index in [1.807, 2.05) is 12.3 Å². The van der Waals surface area contributed by atoms with Crippen molar-refractivity contribution >= 4 is 27.3 Å². The van der Waals surface area contributed by atoms with Crippen molar-refractivity contribution in [3.8, 4) is 10.6 Å². The highest BCUT2D eigenvalue weighted by molar-refractivity contribution is 9.11. The number of nitrogens with two attached hydrogens (primary N) is 1. The van der Waals surface area contributed by atoms with E-state index in [4.69, 9.17) is 5.73 Å². The summed E-state index contributed by atoms with van der Waals surface area (Å²) in [7, 11) is 0. The van der Waals surface area contributed by atoms with Crippen LogP contribution < -0.4 is 5.73 Å². The molecule has 3 nitrogen and oxygen atoms in total. The van der Waals surface area contributed by atoms with E-state index in [2.05, 4.69) is 32.0 Å². The SMILES string of the molecule is NCCc1ncc(-c2ccc(Br)s2)[nH]1. The van der Waals surface area contributed by atoms with Gasteiger partial charge in [-0.15, -0.1) is 11.3 Å². The first kappa shape index (κ1) is 9.89. The first-order chi connectivity index (χ1) is 6.79. The van der Waals surface area contributed by atoms with Gasteiger partial charge in [0.2, 0.25) is 0 Å². The van der Waals surface area contributed by atoms with Crippen molar-refractivity contribution in [2.24, 2.45) is 5.73 Å². The van der Waals surface area contributed by atoms with E-state index in [0.717, 1.165) is 21.7 Å². The molecular formula is C9H10BrN3S. The molecule has 0 unspecified atom stereocenters. The summed E-state index contributed by atoms with van der Waals surface area (Å²) in [6.07, 6.45) is 2.65. The van der Waals surface area contributed by atoms with Crippen LogP contribution in [0.25, 0.3) is 10.6 Å². The number of nitrogens with one attached hydrogen (secondary N) is 1. The van der Waals surface area contributed by atoms with Crippen LogP contribution in [-0.2, 0) is 6.42 Å². The summed E-state index contributed by atoms with van der Waals surface area (Å²) in [6.45, 7) is 0.626. The zero-order valence-electron chi connectivity index (χ0n) is 7.46. The van der Waals surface area contributed by atoms with Crippen LogP contribution in [0.15, 0.2) is 22.1 Å². The lowest BCUT2D eigenvalue weighted by Crippen LogP contribution is -2.03. The quantitative estimate of drug-likeness (QED) is 0.901. The molecule has 74 valence electrons. The number of H-pyrrole nitrogens is 1. The van der Waals surface area contributed by atoms with Gasteiger partial charge >= 0.3 is 0 Å². The van der Waals surface area contributed by atoms with Crippen LogP contribution in [0, 0.1) is 0 Å². The minimum atomic E-state index is 0.626. The van der Waals surface area contributed by atoms with Gasteiger partial charge in [0, 0.05) is 6.42 Å². The van der Waals surface area contributed by atoms with Gasteiger partial charge in [-0.1, -0.05) is 0 Å². The number of aromatic amines is 1. The summed E-state index contributed by atoms with van der Waals surface area (Å²) in [5.74, 6) is 0.951. The van der Waals surface area contributed by atoms with E-state index in [9.17, 15) is 0 Å². The molecule has 14 heavy (non-hydrogen) atoms. The molecule has 3 N–H and O–H groups in total. The lowest BCUT2D eigenvalue weighted by atomic mass is 10.4. The molecule has 2 aromatic rings. The maximum atomic E-state index is 5.45.